The summed E-state index contributed by atoms with van der Waals surface area (Å²) >= 11 is 0. The number of aliphatic hydroxyl groups is 1. The van der Waals surface area contributed by atoms with Gasteiger partial charge in [0.15, 0.2) is 0 Å². The molecule has 0 aliphatic heterocycles. The summed E-state index contributed by atoms with van der Waals surface area (Å²) in [5, 5.41) is 9.49. The van der Waals surface area contributed by atoms with Crippen LogP contribution in [0.25, 0.3) is 0 Å². The number of aliphatic hydroxyl groups excluding tert-OH is 1. The molecule has 0 amide bonds. The highest BCUT2D eigenvalue weighted by molar-refractivity contribution is 5.09. The van der Waals surface area contributed by atoms with Gasteiger partial charge in [0, 0.05) is 20.8 Å². The summed E-state index contributed by atoms with van der Waals surface area (Å²) in [5.41, 5.74) is 1.30. The van der Waals surface area contributed by atoms with Gasteiger partial charge < -0.3 is 9.84 Å². The van der Waals surface area contributed by atoms with Crippen LogP contribution in [0.4, 0.5) is 0 Å². The first-order valence-electron chi connectivity index (χ1n) is 14.2. The Bertz CT molecular complexity index is 575. The zero-order valence-corrected chi connectivity index (χ0v) is 22.7. The Labute approximate surface area is 200 Å². The first-order chi connectivity index (χ1) is 15.2. The van der Waals surface area contributed by atoms with Gasteiger partial charge in [-0.1, -0.05) is 60.3 Å². The molecule has 4 fully saturated rings. The van der Waals surface area contributed by atoms with E-state index in [0.717, 1.165) is 35.5 Å². The fourth-order valence-electron chi connectivity index (χ4n) is 9.46. The third-order valence-corrected chi connectivity index (χ3v) is 11.7. The molecule has 0 heterocycles. The van der Waals surface area contributed by atoms with Crippen LogP contribution < -0.4 is 0 Å². The van der Waals surface area contributed by atoms with Crippen molar-refractivity contribution >= 4 is 0 Å². The van der Waals surface area contributed by atoms with Crippen LogP contribution in [0.3, 0.4) is 0 Å². The normalized spacial score (nSPS) is 43.7. The van der Waals surface area contributed by atoms with E-state index in [1.165, 1.54) is 64.2 Å². The van der Waals surface area contributed by atoms with Gasteiger partial charge in [-0.25, -0.2) is 0 Å². The monoisotopic (exact) mass is 448 g/mol. The average Bonchev–Trinajstić information content (AvgIpc) is 3.14. The lowest BCUT2D eigenvalue weighted by Gasteiger charge is -2.61. The highest BCUT2D eigenvalue weighted by Gasteiger charge is 2.60. The van der Waals surface area contributed by atoms with Crippen molar-refractivity contribution in [3.63, 3.8) is 0 Å². The molecule has 4 saturated carbocycles. The molecule has 188 valence electrons. The number of hydrogen-bond acceptors (Lipinski definition) is 2. The van der Waals surface area contributed by atoms with Crippen LogP contribution in [0.15, 0.2) is 0 Å². The third kappa shape index (κ3) is 4.98. The molecule has 32 heavy (non-hydrogen) atoms. The molecule has 4 aliphatic rings. The fraction of sp³-hybridized carbons (Fsp3) is 1.00. The number of ether oxygens (including phenoxy) is 1. The molecular weight excluding hydrogens is 392 g/mol. The fourth-order valence-corrected chi connectivity index (χ4v) is 9.46. The minimum Gasteiger partial charge on any atom is -0.396 e. The van der Waals surface area contributed by atoms with Gasteiger partial charge >= 0.3 is 0 Å². The lowest BCUT2D eigenvalue weighted by molar-refractivity contribution is -0.114. The molecule has 0 aromatic rings. The van der Waals surface area contributed by atoms with E-state index >= 15 is 0 Å². The Morgan fingerprint density at radius 1 is 0.781 bits per heavy atom. The van der Waals surface area contributed by atoms with Crippen molar-refractivity contribution in [3.05, 3.63) is 0 Å². The van der Waals surface area contributed by atoms with Gasteiger partial charge in [-0.2, -0.15) is 0 Å². The van der Waals surface area contributed by atoms with Crippen molar-refractivity contribution in [3.8, 4) is 0 Å². The van der Waals surface area contributed by atoms with Crippen molar-refractivity contribution in [2.45, 2.75) is 112 Å². The van der Waals surface area contributed by atoms with Crippen molar-refractivity contribution in [1.82, 2.24) is 0 Å². The summed E-state index contributed by atoms with van der Waals surface area (Å²) < 4.78 is 4.25. The minimum atomic E-state index is 0.349. The van der Waals surface area contributed by atoms with E-state index in [4.69, 9.17) is 0 Å². The van der Waals surface area contributed by atoms with Crippen molar-refractivity contribution in [2.24, 2.45) is 58.2 Å². The van der Waals surface area contributed by atoms with E-state index in [9.17, 15) is 5.11 Å². The Hall–Kier alpha value is -0.0800. The molecule has 0 radical (unpaired) electrons. The quantitative estimate of drug-likeness (QED) is 0.446. The zero-order chi connectivity index (χ0) is 23.5. The van der Waals surface area contributed by atoms with Crippen LogP contribution in [0.1, 0.15) is 112 Å². The number of fused-ring (bicyclic) bond motifs is 5. The van der Waals surface area contributed by atoms with Crippen molar-refractivity contribution in [2.75, 3.05) is 20.8 Å². The standard InChI is InChI=1S/C28H50O.C2H6O/c1-19(21(3)18-29)9-10-20(2)24-13-14-25-23-12-11-22-8-6-7-16-27(22,4)26(23)15-17-28(24,25)5;1-3-2/h19-26,29H,6-18H2,1-5H3;1-2H3/t19-,20+,21?,22?,23-,24+,25-,26-,27-,28+;/m0./s1. The van der Waals surface area contributed by atoms with Crippen molar-refractivity contribution in [1.29, 1.82) is 0 Å². The predicted octanol–water partition coefficient (Wildman–Crippen LogP) is 7.98. The summed E-state index contributed by atoms with van der Waals surface area (Å²) in [6.45, 7) is 12.9. The van der Waals surface area contributed by atoms with Crippen LogP contribution >= 0.6 is 0 Å². The van der Waals surface area contributed by atoms with Gasteiger partial charge in [0.25, 0.3) is 0 Å². The zero-order valence-electron chi connectivity index (χ0n) is 22.7. The third-order valence-electron chi connectivity index (χ3n) is 11.7. The highest BCUT2D eigenvalue weighted by atomic mass is 16.4. The maximum absolute atomic E-state index is 9.49. The van der Waals surface area contributed by atoms with E-state index in [2.05, 4.69) is 39.4 Å². The summed E-state index contributed by atoms with van der Waals surface area (Å²) in [6, 6.07) is 0. The molecule has 0 saturated heterocycles. The first kappa shape index (κ1) is 26.5. The van der Waals surface area contributed by atoms with E-state index in [1.54, 1.807) is 27.1 Å². The number of methoxy groups -OCH3 is 1. The molecule has 10 atom stereocenters. The van der Waals surface area contributed by atoms with Gasteiger partial charge in [-0.3, -0.25) is 0 Å². The van der Waals surface area contributed by atoms with Crippen LogP contribution in [-0.4, -0.2) is 25.9 Å². The van der Waals surface area contributed by atoms with Gasteiger partial charge in [-0.15, -0.1) is 0 Å². The van der Waals surface area contributed by atoms with E-state index < -0.39 is 0 Å². The largest absolute Gasteiger partial charge is 0.396 e. The van der Waals surface area contributed by atoms with Gasteiger partial charge in [0.05, 0.1) is 0 Å². The van der Waals surface area contributed by atoms with Crippen LogP contribution in [0.5, 0.6) is 0 Å². The second-order valence-corrected chi connectivity index (χ2v) is 13.2. The Morgan fingerprint density at radius 3 is 2.16 bits per heavy atom. The molecule has 0 bridgehead atoms. The summed E-state index contributed by atoms with van der Waals surface area (Å²) in [5.74, 6) is 7.06. The lowest BCUT2D eigenvalue weighted by Crippen LogP contribution is -2.53. The second kappa shape index (κ2) is 11.1. The Kier molecular flexibility index (Phi) is 9.21. The minimum absolute atomic E-state index is 0.349. The average molecular weight is 449 g/mol. The first-order valence-corrected chi connectivity index (χ1v) is 14.2. The molecule has 1 N–H and O–H groups in total. The molecular formula is C30H56O2. The van der Waals surface area contributed by atoms with E-state index in [1.807, 2.05) is 0 Å². The molecule has 0 aromatic heterocycles. The number of hydrogen-bond donors (Lipinski definition) is 1. The molecule has 2 heteroatoms. The van der Waals surface area contributed by atoms with Crippen LogP contribution in [-0.2, 0) is 4.74 Å². The van der Waals surface area contributed by atoms with E-state index in [-0.39, 0.29) is 0 Å². The van der Waals surface area contributed by atoms with Gasteiger partial charge in [-0.05, 0) is 110 Å². The van der Waals surface area contributed by atoms with Gasteiger partial charge in [0.1, 0.15) is 0 Å². The Morgan fingerprint density at radius 2 is 1.47 bits per heavy atom. The molecule has 0 spiro atoms. The van der Waals surface area contributed by atoms with Crippen molar-refractivity contribution < 1.29 is 9.84 Å². The van der Waals surface area contributed by atoms with Gasteiger partial charge in [0.2, 0.25) is 0 Å². The topological polar surface area (TPSA) is 29.5 Å². The number of rotatable bonds is 6. The smallest absolute Gasteiger partial charge is 0.0459 e. The maximum atomic E-state index is 9.49. The molecule has 4 aliphatic carbocycles. The molecule has 4 rings (SSSR count). The summed E-state index contributed by atoms with van der Waals surface area (Å²) in [7, 11) is 3.25. The predicted molar refractivity (Wildman–Crippen MR) is 137 cm³/mol. The molecule has 2 nitrogen and oxygen atoms in total. The molecule has 0 aromatic carbocycles. The van der Waals surface area contributed by atoms with Crippen LogP contribution in [0, 0.1) is 58.2 Å². The molecule has 2 unspecified atom stereocenters. The maximum Gasteiger partial charge on any atom is 0.0459 e. The SMILES string of the molecule is CC(CO)[C@@H](C)CC[C@@H](C)[C@H]1CC[C@H]2[C@@H]3CCC4CCCC[C@]4(C)[C@H]3CC[C@]12C.COC. The second-order valence-electron chi connectivity index (χ2n) is 13.2. The lowest BCUT2D eigenvalue weighted by atomic mass is 9.44. The summed E-state index contributed by atoms with van der Waals surface area (Å²) in [4.78, 5) is 0. The highest BCUT2D eigenvalue weighted by Crippen LogP contribution is 2.68. The Balaban J connectivity index is 0.000000913. The summed E-state index contributed by atoms with van der Waals surface area (Å²) in [6.07, 6.45) is 17.9. The van der Waals surface area contributed by atoms with Crippen LogP contribution in [0.2, 0.25) is 0 Å². The van der Waals surface area contributed by atoms with E-state index in [0.29, 0.717) is 29.3 Å².